The second kappa shape index (κ2) is 6.07. The number of ether oxygens (including phenoxy) is 2. The summed E-state index contributed by atoms with van der Waals surface area (Å²) < 4.78 is 37.1. The van der Waals surface area contributed by atoms with E-state index in [1.165, 1.54) is 0 Å². The Morgan fingerprint density at radius 1 is 1.42 bits per heavy atom. The molecule has 1 aromatic rings. The van der Waals surface area contributed by atoms with Gasteiger partial charge in [0.2, 0.25) is 5.92 Å². The highest BCUT2D eigenvalue weighted by Crippen LogP contribution is 2.39. The molecular formula is C14H17BrF2O2. The molecule has 0 aromatic heterocycles. The SMILES string of the molecule is COc1ccc(CBr)c(OCC2CCC(F)(F)C2)c1. The molecule has 0 N–H and O–H groups in total. The van der Waals surface area contributed by atoms with E-state index in [1.54, 1.807) is 13.2 Å². The molecule has 0 aliphatic heterocycles. The number of hydrogen-bond donors (Lipinski definition) is 0. The molecule has 2 rings (SSSR count). The van der Waals surface area contributed by atoms with E-state index in [0.29, 0.717) is 29.9 Å². The van der Waals surface area contributed by atoms with Crippen molar-refractivity contribution in [2.24, 2.45) is 5.92 Å². The summed E-state index contributed by atoms with van der Waals surface area (Å²) in [6.45, 7) is 0.336. The minimum atomic E-state index is -2.51. The predicted octanol–water partition coefficient (Wildman–Crippen LogP) is 4.40. The van der Waals surface area contributed by atoms with Gasteiger partial charge in [-0.2, -0.15) is 0 Å². The lowest BCUT2D eigenvalue weighted by molar-refractivity contribution is 0.00290. The Morgan fingerprint density at radius 3 is 2.79 bits per heavy atom. The fraction of sp³-hybridized carbons (Fsp3) is 0.571. The molecule has 106 valence electrons. The molecule has 1 aromatic carbocycles. The maximum absolute atomic E-state index is 13.1. The molecule has 19 heavy (non-hydrogen) atoms. The first-order valence-electron chi connectivity index (χ1n) is 6.27. The van der Waals surface area contributed by atoms with Gasteiger partial charge in [-0.3, -0.25) is 0 Å². The van der Waals surface area contributed by atoms with Crippen LogP contribution in [0.1, 0.15) is 24.8 Å². The van der Waals surface area contributed by atoms with Gasteiger partial charge >= 0.3 is 0 Å². The van der Waals surface area contributed by atoms with Crippen LogP contribution in [-0.4, -0.2) is 19.6 Å². The van der Waals surface area contributed by atoms with Crippen molar-refractivity contribution in [1.82, 2.24) is 0 Å². The van der Waals surface area contributed by atoms with Crippen molar-refractivity contribution in [3.05, 3.63) is 23.8 Å². The Hall–Kier alpha value is -0.840. The van der Waals surface area contributed by atoms with E-state index in [1.807, 2.05) is 12.1 Å². The molecule has 1 fully saturated rings. The zero-order chi connectivity index (χ0) is 13.9. The fourth-order valence-corrected chi connectivity index (χ4v) is 2.76. The van der Waals surface area contributed by atoms with E-state index < -0.39 is 5.92 Å². The first-order chi connectivity index (χ1) is 9.04. The van der Waals surface area contributed by atoms with Gasteiger partial charge in [-0.05, 0) is 18.4 Å². The summed E-state index contributed by atoms with van der Waals surface area (Å²) in [7, 11) is 1.59. The number of halogens is 3. The highest BCUT2D eigenvalue weighted by Gasteiger charge is 2.39. The Balaban J connectivity index is 1.98. The van der Waals surface area contributed by atoms with Crippen LogP contribution in [0.5, 0.6) is 11.5 Å². The van der Waals surface area contributed by atoms with Gasteiger partial charge in [-0.1, -0.05) is 22.0 Å². The van der Waals surface area contributed by atoms with Crippen LogP contribution >= 0.6 is 15.9 Å². The molecule has 0 amide bonds. The quantitative estimate of drug-likeness (QED) is 0.743. The molecule has 0 heterocycles. The second-order valence-corrected chi connectivity index (χ2v) is 5.44. The largest absolute Gasteiger partial charge is 0.497 e. The molecule has 0 spiro atoms. The van der Waals surface area contributed by atoms with E-state index in [9.17, 15) is 8.78 Å². The Labute approximate surface area is 120 Å². The van der Waals surface area contributed by atoms with Gasteiger partial charge in [0.1, 0.15) is 11.5 Å². The van der Waals surface area contributed by atoms with Crippen LogP contribution < -0.4 is 9.47 Å². The lowest BCUT2D eigenvalue weighted by atomic mass is 10.1. The van der Waals surface area contributed by atoms with E-state index >= 15 is 0 Å². The van der Waals surface area contributed by atoms with Crippen molar-refractivity contribution in [1.29, 1.82) is 0 Å². The molecule has 1 unspecified atom stereocenters. The van der Waals surface area contributed by atoms with Gasteiger partial charge in [-0.15, -0.1) is 0 Å². The number of benzene rings is 1. The van der Waals surface area contributed by atoms with Crippen molar-refractivity contribution in [3.8, 4) is 11.5 Å². The maximum atomic E-state index is 13.1. The summed E-state index contributed by atoms with van der Waals surface area (Å²) in [6, 6.07) is 5.56. The zero-order valence-corrected chi connectivity index (χ0v) is 12.4. The second-order valence-electron chi connectivity index (χ2n) is 4.88. The lowest BCUT2D eigenvalue weighted by Gasteiger charge is -2.15. The average Bonchev–Trinajstić information content (AvgIpc) is 2.75. The predicted molar refractivity (Wildman–Crippen MR) is 73.4 cm³/mol. The van der Waals surface area contributed by atoms with Crippen LogP contribution in [0, 0.1) is 5.92 Å². The minimum Gasteiger partial charge on any atom is -0.497 e. The summed E-state index contributed by atoms with van der Waals surface area (Å²) in [5, 5.41) is 0.660. The van der Waals surface area contributed by atoms with Gasteiger partial charge in [0, 0.05) is 29.8 Å². The summed E-state index contributed by atoms with van der Waals surface area (Å²) >= 11 is 3.39. The van der Waals surface area contributed by atoms with Crippen molar-refractivity contribution < 1.29 is 18.3 Å². The van der Waals surface area contributed by atoms with E-state index in [2.05, 4.69) is 15.9 Å². The molecule has 0 saturated heterocycles. The van der Waals surface area contributed by atoms with Crippen molar-refractivity contribution >= 4 is 15.9 Å². The third kappa shape index (κ3) is 3.81. The van der Waals surface area contributed by atoms with Gasteiger partial charge in [0.25, 0.3) is 0 Å². The number of methoxy groups -OCH3 is 1. The number of rotatable bonds is 5. The van der Waals surface area contributed by atoms with Gasteiger partial charge in [-0.25, -0.2) is 8.78 Å². The normalized spacial score (nSPS) is 21.4. The maximum Gasteiger partial charge on any atom is 0.248 e. The topological polar surface area (TPSA) is 18.5 Å². The molecule has 2 nitrogen and oxygen atoms in total. The molecule has 1 aliphatic carbocycles. The smallest absolute Gasteiger partial charge is 0.248 e. The third-order valence-corrected chi connectivity index (χ3v) is 4.00. The molecule has 1 atom stereocenters. The van der Waals surface area contributed by atoms with E-state index in [-0.39, 0.29) is 18.8 Å². The lowest BCUT2D eigenvalue weighted by Crippen LogP contribution is -2.14. The summed E-state index contributed by atoms with van der Waals surface area (Å²) in [5.74, 6) is -1.17. The Bertz CT molecular complexity index is 437. The van der Waals surface area contributed by atoms with Crippen LogP contribution in [0.25, 0.3) is 0 Å². The summed E-state index contributed by atoms with van der Waals surface area (Å²) in [6.07, 6.45) is 0.436. The fourth-order valence-electron chi connectivity index (χ4n) is 2.30. The first-order valence-corrected chi connectivity index (χ1v) is 7.40. The van der Waals surface area contributed by atoms with Crippen molar-refractivity contribution in [2.45, 2.75) is 30.5 Å². The highest BCUT2D eigenvalue weighted by molar-refractivity contribution is 9.08. The van der Waals surface area contributed by atoms with Crippen molar-refractivity contribution in [3.63, 3.8) is 0 Å². The van der Waals surface area contributed by atoms with E-state index in [4.69, 9.17) is 9.47 Å². The monoisotopic (exact) mass is 334 g/mol. The van der Waals surface area contributed by atoms with Crippen molar-refractivity contribution in [2.75, 3.05) is 13.7 Å². The van der Waals surface area contributed by atoms with Gasteiger partial charge < -0.3 is 9.47 Å². The minimum absolute atomic E-state index is 0.0234. The van der Waals surface area contributed by atoms with Crippen LogP contribution in [-0.2, 0) is 5.33 Å². The Kier molecular flexibility index (Phi) is 4.66. The number of hydrogen-bond acceptors (Lipinski definition) is 2. The van der Waals surface area contributed by atoms with E-state index in [0.717, 1.165) is 5.56 Å². The highest BCUT2D eigenvalue weighted by atomic mass is 79.9. The first kappa shape index (κ1) is 14.6. The van der Waals surface area contributed by atoms with Crippen LogP contribution in [0.15, 0.2) is 18.2 Å². The molecule has 1 aliphatic rings. The Morgan fingerprint density at radius 2 is 2.21 bits per heavy atom. The number of alkyl halides is 3. The molecule has 1 saturated carbocycles. The van der Waals surface area contributed by atoms with Crippen LogP contribution in [0.2, 0.25) is 0 Å². The molecule has 0 bridgehead atoms. The molecule has 5 heteroatoms. The van der Waals surface area contributed by atoms with Gasteiger partial charge in [0.05, 0.1) is 13.7 Å². The van der Waals surface area contributed by atoms with Crippen LogP contribution in [0.4, 0.5) is 8.78 Å². The third-order valence-electron chi connectivity index (χ3n) is 3.40. The molecular weight excluding hydrogens is 318 g/mol. The van der Waals surface area contributed by atoms with Crippen LogP contribution in [0.3, 0.4) is 0 Å². The summed E-state index contributed by atoms with van der Waals surface area (Å²) in [5.41, 5.74) is 0.991. The average molecular weight is 335 g/mol. The molecule has 0 radical (unpaired) electrons. The zero-order valence-electron chi connectivity index (χ0n) is 10.8. The van der Waals surface area contributed by atoms with Gasteiger partial charge in [0.15, 0.2) is 0 Å². The standard InChI is InChI=1S/C14H17BrF2O2/c1-18-12-3-2-11(8-15)13(6-12)19-9-10-4-5-14(16,17)7-10/h2-3,6,10H,4-5,7-9H2,1H3. The summed E-state index contributed by atoms with van der Waals surface area (Å²) in [4.78, 5) is 0.